The quantitative estimate of drug-likeness (QED) is 0.921. The van der Waals surface area contributed by atoms with E-state index in [-0.39, 0.29) is 12.8 Å². The van der Waals surface area contributed by atoms with Gasteiger partial charge in [-0.05, 0) is 26.2 Å². The van der Waals surface area contributed by atoms with Crippen LogP contribution in [0.5, 0.6) is 0 Å². The molecule has 2 unspecified atom stereocenters. The van der Waals surface area contributed by atoms with E-state index in [2.05, 4.69) is 4.98 Å². The van der Waals surface area contributed by atoms with Crippen LogP contribution in [0.2, 0.25) is 0 Å². The molecule has 6 heteroatoms. The molecule has 108 valence electrons. The van der Waals surface area contributed by atoms with Gasteiger partial charge in [0.15, 0.2) is 0 Å². The van der Waals surface area contributed by atoms with Gasteiger partial charge in [0.25, 0.3) is 0 Å². The lowest BCUT2D eigenvalue weighted by Gasteiger charge is -2.38. The van der Waals surface area contributed by atoms with E-state index in [4.69, 9.17) is 5.73 Å². The van der Waals surface area contributed by atoms with E-state index in [1.165, 1.54) is 0 Å². The van der Waals surface area contributed by atoms with Crippen LogP contribution in [0.3, 0.4) is 0 Å². The van der Waals surface area contributed by atoms with Crippen molar-refractivity contribution in [1.29, 1.82) is 0 Å². The zero-order valence-corrected chi connectivity index (χ0v) is 11.1. The van der Waals surface area contributed by atoms with Gasteiger partial charge in [-0.25, -0.2) is 4.98 Å². The summed E-state index contributed by atoms with van der Waals surface area (Å²) in [6.07, 6.45) is 1.17. The van der Waals surface area contributed by atoms with Crippen LogP contribution in [0.1, 0.15) is 38.4 Å². The van der Waals surface area contributed by atoms with E-state index in [1.54, 1.807) is 6.20 Å². The molecule has 2 N–H and O–H groups in total. The SMILES string of the molecule is CCn1ccnc1CC1(N)CCCC(C(F)(F)F)C1. The lowest BCUT2D eigenvalue weighted by atomic mass is 9.74. The van der Waals surface area contributed by atoms with Crippen molar-refractivity contribution in [2.45, 2.75) is 57.3 Å². The molecule has 1 aliphatic carbocycles. The maximum absolute atomic E-state index is 12.8. The number of halogens is 3. The van der Waals surface area contributed by atoms with Crippen molar-refractivity contribution >= 4 is 0 Å². The van der Waals surface area contributed by atoms with Crippen LogP contribution in [-0.4, -0.2) is 21.3 Å². The summed E-state index contributed by atoms with van der Waals surface area (Å²) in [6.45, 7) is 2.74. The average Bonchev–Trinajstić information content (AvgIpc) is 2.74. The summed E-state index contributed by atoms with van der Waals surface area (Å²) in [5, 5.41) is 0. The Balaban J connectivity index is 2.10. The molecule has 1 saturated carbocycles. The minimum atomic E-state index is -4.13. The maximum Gasteiger partial charge on any atom is 0.391 e. The number of hydrogen-bond acceptors (Lipinski definition) is 2. The van der Waals surface area contributed by atoms with Crippen molar-refractivity contribution in [3.63, 3.8) is 0 Å². The Morgan fingerprint density at radius 3 is 2.89 bits per heavy atom. The highest BCUT2D eigenvalue weighted by Gasteiger charge is 2.46. The second-order valence-corrected chi connectivity index (χ2v) is 5.50. The van der Waals surface area contributed by atoms with Gasteiger partial charge in [0.05, 0.1) is 5.92 Å². The van der Waals surface area contributed by atoms with Gasteiger partial charge in [-0.2, -0.15) is 13.2 Å². The molecule has 2 rings (SSSR count). The number of aromatic nitrogens is 2. The summed E-state index contributed by atoms with van der Waals surface area (Å²) >= 11 is 0. The lowest BCUT2D eigenvalue weighted by Crippen LogP contribution is -2.49. The molecule has 0 saturated heterocycles. The molecule has 1 aromatic rings. The van der Waals surface area contributed by atoms with Crippen LogP contribution < -0.4 is 5.73 Å². The highest BCUT2D eigenvalue weighted by Crippen LogP contribution is 2.41. The molecule has 2 atom stereocenters. The minimum Gasteiger partial charge on any atom is -0.335 e. The van der Waals surface area contributed by atoms with Gasteiger partial charge in [-0.3, -0.25) is 0 Å². The second kappa shape index (κ2) is 5.15. The maximum atomic E-state index is 12.8. The first-order valence-corrected chi connectivity index (χ1v) is 6.70. The van der Waals surface area contributed by atoms with Crippen LogP contribution in [0.25, 0.3) is 0 Å². The van der Waals surface area contributed by atoms with E-state index in [0.29, 0.717) is 19.3 Å². The van der Waals surface area contributed by atoms with Crippen LogP contribution in [0, 0.1) is 5.92 Å². The normalized spacial score (nSPS) is 28.6. The van der Waals surface area contributed by atoms with Gasteiger partial charge < -0.3 is 10.3 Å². The lowest BCUT2D eigenvalue weighted by molar-refractivity contribution is -0.187. The largest absolute Gasteiger partial charge is 0.391 e. The minimum absolute atomic E-state index is 0.00702. The van der Waals surface area contributed by atoms with Crippen LogP contribution in [0.15, 0.2) is 12.4 Å². The van der Waals surface area contributed by atoms with Crippen LogP contribution >= 0.6 is 0 Å². The third kappa shape index (κ3) is 3.29. The van der Waals surface area contributed by atoms with Crippen molar-refractivity contribution < 1.29 is 13.2 Å². The zero-order valence-electron chi connectivity index (χ0n) is 11.1. The number of hydrogen-bond donors (Lipinski definition) is 1. The Morgan fingerprint density at radius 2 is 2.26 bits per heavy atom. The smallest absolute Gasteiger partial charge is 0.335 e. The molecular weight excluding hydrogens is 255 g/mol. The van der Waals surface area contributed by atoms with Crippen molar-refractivity contribution in [2.75, 3.05) is 0 Å². The Kier molecular flexibility index (Phi) is 3.90. The predicted octanol–water partition coefficient (Wildman–Crippen LogP) is 2.90. The molecule has 3 nitrogen and oxygen atoms in total. The fourth-order valence-electron chi connectivity index (χ4n) is 2.95. The molecule has 0 amide bonds. The highest BCUT2D eigenvalue weighted by atomic mass is 19.4. The van der Waals surface area contributed by atoms with Crippen LogP contribution in [-0.2, 0) is 13.0 Å². The van der Waals surface area contributed by atoms with Crippen molar-refractivity contribution in [2.24, 2.45) is 11.7 Å². The van der Waals surface area contributed by atoms with Crippen molar-refractivity contribution in [3.05, 3.63) is 18.2 Å². The van der Waals surface area contributed by atoms with Gasteiger partial charge >= 0.3 is 6.18 Å². The molecule has 0 bridgehead atoms. The molecule has 1 aromatic heterocycles. The first-order valence-electron chi connectivity index (χ1n) is 6.70. The molecule has 0 spiro atoms. The Labute approximate surface area is 111 Å². The first-order chi connectivity index (χ1) is 8.84. The van der Waals surface area contributed by atoms with Crippen molar-refractivity contribution in [1.82, 2.24) is 9.55 Å². The number of nitrogens with zero attached hydrogens (tertiary/aromatic N) is 2. The topological polar surface area (TPSA) is 43.8 Å². The molecule has 0 aromatic carbocycles. The molecule has 0 aliphatic heterocycles. The van der Waals surface area contributed by atoms with Gasteiger partial charge in [0.2, 0.25) is 0 Å². The third-order valence-corrected chi connectivity index (χ3v) is 4.00. The number of alkyl halides is 3. The van der Waals surface area contributed by atoms with E-state index < -0.39 is 17.6 Å². The van der Waals surface area contributed by atoms with Gasteiger partial charge in [-0.1, -0.05) is 6.42 Å². The molecule has 1 heterocycles. The van der Waals surface area contributed by atoms with Crippen LogP contribution in [0.4, 0.5) is 13.2 Å². The zero-order chi connectivity index (χ0) is 14.1. The van der Waals surface area contributed by atoms with Gasteiger partial charge in [0.1, 0.15) is 5.82 Å². The summed E-state index contributed by atoms with van der Waals surface area (Å²) in [4.78, 5) is 4.22. The fraction of sp³-hybridized carbons (Fsp3) is 0.769. The standard InChI is InChI=1S/C13H20F3N3/c1-2-19-7-6-18-11(19)9-12(17)5-3-4-10(8-12)13(14,15)16/h6-7,10H,2-5,8-9,17H2,1H3. The van der Waals surface area contributed by atoms with Gasteiger partial charge in [-0.15, -0.1) is 0 Å². The number of aryl methyl sites for hydroxylation is 1. The van der Waals surface area contributed by atoms with E-state index in [1.807, 2.05) is 17.7 Å². The molecule has 19 heavy (non-hydrogen) atoms. The molecule has 1 fully saturated rings. The molecule has 1 aliphatic rings. The van der Waals surface area contributed by atoms with Crippen molar-refractivity contribution in [3.8, 4) is 0 Å². The highest BCUT2D eigenvalue weighted by molar-refractivity contribution is 5.03. The molecule has 0 radical (unpaired) electrons. The summed E-state index contributed by atoms with van der Waals surface area (Å²) in [7, 11) is 0. The van der Waals surface area contributed by atoms with E-state index in [9.17, 15) is 13.2 Å². The van der Waals surface area contributed by atoms with Gasteiger partial charge in [0, 0.05) is 30.9 Å². The molecular formula is C13H20F3N3. The summed E-state index contributed by atoms with van der Waals surface area (Å²) in [6, 6.07) is 0. The Bertz CT molecular complexity index is 427. The van der Waals surface area contributed by atoms with E-state index in [0.717, 1.165) is 12.4 Å². The summed E-state index contributed by atoms with van der Waals surface area (Å²) < 4.78 is 40.4. The second-order valence-electron chi connectivity index (χ2n) is 5.50. The third-order valence-electron chi connectivity index (χ3n) is 4.00. The Hall–Kier alpha value is -1.04. The predicted molar refractivity (Wildman–Crippen MR) is 66.5 cm³/mol. The number of rotatable bonds is 3. The fourth-order valence-corrected chi connectivity index (χ4v) is 2.95. The Morgan fingerprint density at radius 1 is 1.53 bits per heavy atom. The number of imidazole rings is 1. The number of nitrogens with two attached hydrogens (primary N) is 1. The summed E-state index contributed by atoms with van der Waals surface area (Å²) in [5.74, 6) is -0.482. The summed E-state index contributed by atoms with van der Waals surface area (Å²) in [5.41, 5.74) is 5.43. The average molecular weight is 275 g/mol. The monoisotopic (exact) mass is 275 g/mol. The van der Waals surface area contributed by atoms with E-state index >= 15 is 0 Å². The first kappa shape index (κ1) is 14.4.